The van der Waals surface area contributed by atoms with Gasteiger partial charge in [-0.3, -0.25) is 4.79 Å². The third-order valence-electron chi connectivity index (χ3n) is 3.93. The van der Waals surface area contributed by atoms with E-state index >= 15 is 0 Å². The van der Waals surface area contributed by atoms with Crippen LogP contribution in [0, 0.1) is 0 Å². The number of allylic oxidation sites excluding steroid dienone is 1. The fourth-order valence-corrected chi connectivity index (χ4v) is 2.63. The molecule has 0 saturated heterocycles. The Labute approximate surface area is 153 Å². The molecule has 3 nitrogen and oxygen atoms in total. The van der Waals surface area contributed by atoms with Crippen LogP contribution < -0.4 is 10.2 Å². The summed E-state index contributed by atoms with van der Waals surface area (Å²) >= 11 is 0. The van der Waals surface area contributed by atoms with Gasteiger partial charge in [0, 0.05) is 6.07 Å². The molecule has 0 fully saturated rings. The molecule has 1 aromatic heterocycles. The lowest BCUT2D eigenvalue weighted by Crippen LogP contribution is -2.16. The number of fused-ring (bicyclic) bond motifs is 1. The summed E-state index contributed by atoms with van der Waals surface area (Å²) < 4.78 is 51.3. The number of halogens is 3. The fourth-order valence-electron chi connectivity index (χ4n) is 2.63. The minimum Gasteiger partial charge on any atom is -0.489 e. The first kappa shape index (κ1) is 18.8. The number of ether oxygens (including phenoxy) is 1. The van der Waals surface area contributed by atoms with Crippen molar-refractivity contribution in [3.8, 4) is 16.9 Å². The summed E-state index contributed by atoms with van der Waals surface area (Å²) in [5.74, 6) is -0.989. The van der Waals surface area contributed by atoms with Gasteiger partial charge in [0.05, 0.1) is 10.9 Å². The van der Waals surface area contributed by atoms with Gasteiger partial charge in [0.2, 0.25) is 11.2 Å². The topological polar surface area (TPSA) is 39.4 Å². The molecule has 0 bridgehead atoms. The quantitative estimate of drug-likeness (QED) is 0.540. The zero-order valence-corrected chi connectivity index (χ0v) is 14.8. The average Bonchev–Trinajstić information content (AvgIpc) is 2.61. The van der Waals surface area contributed by atoms with Gasteiger partial charge in [-0.1, -0.05) is 35.9 Å². The van der Waals surface area contributed by atoms with Crippen LogP contribution >= 0.6 is 0 Å². The molecule has 0 saturated carbocycles. The molecular weight excluding hydrogens is 357 g/mol. The third-order valence-corrected chi connectivity index (χ3v) is 3.93. The summed E-state index contributed by atoms with van der Waals surface area (Å²) in [4.78, 5) is 12.8. The Hall–Kier alpha value is -3.02. The highest BCUT2D eigenvalue weighted by molar-refractivity contribution is 5.84. The second-order valence-corrected chi connectivity index (χ2v) is 6.25. The first-order valence-electron chi connectivity index (χ1n) is 8.27. The van der Waals surface area contributed by atoms with E-state index in [2.05, 4.69) is 0 Å². The Kier molecular flexibility index (Phi) is 5.08. The van der Waals surface area contributed by atoms with E-state index in [0.29, 0.717) is 5.75 Å². The smallest absolute Gasteiger partial charge is 0.450 e. The van der Waals surface area contributed by atoms with Crippen LogP contribution in [-0.2, 0) is 6.18 Å². The van der Waals surface area contributed by atoms with Crippen LogP contribution in [-0.4, -0.2) is 6.61 Å². The summed E-state index contributed by atoms with van der Waals surface area (Å²) in [6.07, 6.45) is -2.97. The van der Waals surface area contributed by atoms with Crippen molar-refractivity contribution in [3.05, 3.63) is 76.2 Å². The highest BCUT2D eigenvalue weighted by atomic mass is 19.4. The van der Waals surface area contributed by atoms with Crippen LogP contribution in [0.5, 0.6) is 5.75 Å². The minimum absolute atomic E-state index is 0.0661. The van der Waals surface area contributed by atoms with Crippen molar-refractivity contribution in [2.24, 2.45) is 0 Å². The van der Waals surface area contributed by atoms with Gasteiger partial charge in [0.1, 0.15) is 17.9 Å². The third kappa shape index (κ3) is 4.05. The second-order valence-electron chi connectivity index (χ2n) is 6.25. The summed E-state index contributed by atoms with van der Waals surface area (Å²) in [6.45, 7) is 4.08. The Morgan fingerprint density at radius 3 is 2.44 bits per heavy atom. The van der Waals surface area contributed by atoms with Gasteiger partial charge in [0.15, 0.2) is 0 Å². The monoisotopic (exact) mass is 374 g/mol. The van der Waals surface area contributed by atoms with Crippen molar-refractivity contribution in [3.63, 3.8) is 0 Å². The van der Waals surface area contributed by atoms with Crippen molar-refractivity contribution in [1.82, 2.24) is 0 Å². The maximum Gasteiger partial charge on any atom is 0.450 e. The van der Waals surface area contributed by atoms with E-state index in [1.165, 1.54) is 24.3 Å². The molecule has 0 N–H and O–H groups in total. The molecule has 0 atom stereocenters. The van der Waals surface area contributed by atoms with E-state index in [-0.39, 0.29) is 23.1 Å². The van der Waals surface area contributed by atoms with Crippen LogP contribution in [0.3, 0.4) is 0 Å². The zero-order chi connectivity index (χ0) is 19.6. The Balaban J connectivity index is 2.18. The number of benzene rings is 2. The van der Waals surface area contributed by atoms with Crippen LogP contribution in [0.1, 0.15) is 19.6 Å². The number of rotatable bonds is 4. The summed E-state index contributed by atoms with van der Waals surface area (Å²) in [5.41, 5.74) is -0.181. The summed E-state index contributed by atoms with van der Waals surface area (Å²) in [5, 5.41) is 0.0661. The Morgan fingerprint density at radius 1 is 1.11 bits per heavy atom. The average molecular weight is 374 g/mol. The molecule has 1 heterocycles. The highest BCUT2D eigenvalue weighted by Crippen LogP contribution is 2.37. The lowest BCUT2D eigenvalue weighted by atomic mass is 10.0. The van der Waals surface area contributed by atoms with Crippen LogP contribution in [0.25, 0.3) is 22.1 Å². The molecule has 0 unspecified atom stereocenters. The zero-order valence-electron chi connectivity index (χ0n) is 14.8. The Bertz CT molecular complexity index is 1040. The van der Waals surface area contributed by atoms with Gasteiger partial charge in [-0.15, -0.1) is 0 Å². The van der Waals surface area contributed by atoms with E-state index < -0.39 is 22.9 Å². The van der Waals surface area contributed by atoms with Gasteiger partial charge in [0.25, 0.3) is 0 Å². The van der Waals surface area contributed by atoms with Gasteiger partial charge in [-0.05, 0) is 37.6 Å². The predicted octanol–water partition coefficient (Wildman–Crippen LogP) is 5.82. The molecule has 0 aliphatic carbocycles. The molecular formula is C21H17F3O3. The second kappa shape index (κ2) is 7.31. The van der Waals surface area contributed by atoms with Crippen molar-refractivity contribution in [1.29, 1.82) is 0 Å². The number of hydrogen-bond acceptors (Lipinski definition) is 3. The molecule has 27 heavy (non-hydrogen) atoms. The van der Waals surface area contributed by atoms with E-state index in [0.717, 1.165) is 5.57 Å². The number of hydrogen-bond donors (Lipinski definition) is 0. The maximum atomic E-state index is 13.6. The van der Waals surface area contributed by atoms with E-state index in [1.807, 2.05) is 19.9 Å². The minimum atomic E-state index is -4.81. The van der Waals surface area contributed by atoms with E-state index in [9.17, 15) is 18.0 Å². The van der Waals surface area contributed by atoms with Crippen molar-refractivity contribution >= 4 is 11.0 Å². The Morgan fingerprint density at radius 2 is 1.81 bits per heavy atom. The molecule has 2 aromatic carbocycles. The van der Waals surface area contributed by atoms with Crippen LogP contribution in [0.2, 0.25) is 0 Å². The molecule has 0 aliphatic rings. The lowest BCUT2D eigenvalue weighted by molar-refractivity contribution is -0.152. The van der Waals surface area contributed by atoms with E-state index in [4.69, 9.17) is 9.15 Å². The predicted molar refractivity (Wildman–Crippen MR) is 97.8 cm³/mol. The molecule has 0 radical (unpaired) electrons. The molecule has 140 valence electrons. The van der Waals surface area contributed by atoms with Crippen molar-refractivity contribution in [2.45, 2.75) is 20.0 Å². The molecule has 3 aromatic rings. The van der Waals surface area contributed by atoms with Crippen LogP contribution in [0.4, 0.5) is 13.2 Å². The highest BCUT2D eigenvalue weighted by Gasteiger charge is 2.39. The van der Waals surface area contributed by atoms with Crippen molar-refractivity contribution < 1.29 is 22.3 Å². The summed E-state index contributed by atoms with van der Waals surface area (Å²) in [6, 6.07) is 12.0. The number of alkyl halides is 3. The van der Waals surface area contributed by atoms with Gasteiger partial charge >= 0.3 is 6.18 Å². The molecule has 0 spiro atoms. The first-order valence-corrected chi connectivity index (χ1v) is 8.27. The first-order chi connectivity index (χ1) is 12.8. The normalized spacial score (nSPS) is 11.4. The molecule has 0 aliphatic heterocycles. The van der Waals surface area contributed by atoms with Gasteiger partial charge in [-0.2, -0.15) is 13.2 Å². The maximum absolute atomic E-state index is 13.6. The standard InChI is InChI=1S/C21H17F3O3/c1-13(2)10-11-26-15-8-9-16-17(12-15)27-20(21(22,23)24)18(19(16)25)14-6-4-3-5-7-14/h3-10,12H,11H2,1-2H3. The lowest BCUT2D eigenvalue weighted by Gasteiger charge is -2.13. The largest absolute Gasteiger partial charge is 0.489 e. The molecule has 3 rings (SSSR count). The van der Waals surface area contributed by atoms with Gasteiger partial charge in [-0.25, -0.2) is 0 Å². The van der Waals surface area contributed by atoms with Crippen LogP contribution in [0.15, 0.2) is 69.4 Å². The summed E-state index contributed by atoms with van der Waals surface area (Å²) in [7, 11) is 0. The van der Waals surface area contributed by atoms with Crippen molar-refractivity contribution in [2.75, 3.05) is 6.61 Å². The van der Waals surface area contributed by atoms with Gasteiger partial charge < -0.3 is 9.15 Å². The molecule has 6 heteroatoms. The van der Waals surface area contributed by atoms with E-state index in [1.54, 1.807) is 24.3 Å². The fraction of sp³-hybridized carbons (Fsp3) is 0.190. The SMILES string of the molecule is CC(C)=CCOc1ccc2c(=O)c(-c3ccccc3)c(C(F)(F)F)oc2c1. The molecule has 0 amide bonds.